The number of hydrogen-bond acceptors (Lipinski definition) is 6. The van der Waals surface area contributed by atoms with Crippen molar-refractivity contribution in [3.63, 3.8) is 0 Å². The summed E-state index contributed by atoms with van der Waals surface area (Å²) in [6.45, 7) is 0. The lowest BCUT2D eigenvalue weighted by Crippen LogP contribution is -2.54. The van der Waals surface area contributed by atoms with Crippen molar-refractivity contribution in [3.8, 4) is 17.2 Å². The molecule has 0 saturated carbocycles. The minimum Gasteiger partial charge on any atom is -0.493 e. The van der Waals surface area contributed by atoms with E-state index in [1.54, 1.807) is 21.3 Å². The standard InChI is InChI=1S/C18H22N2O4S/c1-22-11-7-9(8-12(23-2)15(11)24-3)16-19-17(21)14-10-5-4-6-13(10)25-18(14)20-16/h7-8,14,16,18,20H,4-6H2,1-3H3,(H,19,21). The summed E-state index contributed by atoms with van der Waals surface area (Å²) in [6, 6.07) is 3.75. The van der Waals surface area contributed by atoms with Gasteiger partial charge in [0.25, 0.3) is 0 Å². The molecule has 25 heavy (non-hydrogen) atoms. The Hall–Kier alpha value is -1.86. The van der Waals surface area contributed by atoms with E-state index in [2.05, 4.69) is 10.6 Å². The predicted molar refractivity (Wildman–Crippen MR) is 95.9 cm³/mol. The van der Waals surface area contributed by atoms with Crippen molar-refractivity contribution in [1.82, 2.24) is 10.6 Å². The van der Waals surface area contributed by atoms with E-state index in [1.807, 2.05) is 23.9 Å². The van der Waals surface area contributed by atoms with E-state index >= 15 is 0 Å². The van der Waals surface area contributed by atoms with Crippen LogP contribution in [-0.4, -0.2) is 32.6 Å². The zero-order valence-electron chi connectivity index (χ0n) is 14.5. The molecule has 1 aromatic carbocycles. The number of hydrogen-bond donors (Lipinski definition) is 2. The zero-order chi connectivity index (χ0) is 17.6. The number of rotatable bonds is 4. The van der Waals surface area contributed by atoms with E-state index in [9.17, 15) is 4.79 Å². The van der Waals surface area contributed by atoms with Gasteiger partial charge >= 0.3 is 0 Å². The van der Waals surface area contributed by atoms with Gasteiger partial charge in [-0.3, -0.25) is 10.1 Å². The quantitative estimate of drug-likeness (QED) is 0.858. The van der Waals surface area contributed by atoms with Crippen LogP contribution < -0.4 is 24.8 Å². The van der Waals surface area contributed by atoms with Crippen LogP contribution in [0.4, 0.5) is 0 Å². The highest BCUT2D eigenvalue weighted by Crippen LogP contribution is 2.51. The minimum atomic E-state index is -0.282. The van der Waals surface area contributed by atoms with Crippen molar-refractivity contribution in [3.05, 3.63) is 28.2 Å². The van der Waals surface area contributed by atoms with Gasteiger partial charge in [-0.1, -0.05) is 0 Å². The van der Waals surface area contributed by atoms with Crippen LogP contribution in [0.15, 0.2) is 22.6 Å². The van der Waals surface area contributed by atoms with Crippen molar-refractivity contribution in [2.75, 3.05) is 21.3 Å². The highest BCUT2D eigenvalue weighted by Gasteiger charge is 2.46. The molecule has 0 spiro atoms. The first-order valence-corrected chi connectivity index (χ1v) is 9.29. The van der Waals surface area contributed by atoms with Gasteiger partial charge in [0.1, 0.15) is 6.17 Å². The first-order valence-electron chi connectivity index (χ1n) is 8.41. The highest BCUT2D eigenvalue weighted by atomic mass is 32.2. The van der Waals surface area contributed by atoms with Crippen molar-refractivity contribution in [2.24, 2.45) is 5.92 Å². The van der Waals surface area contributed by atoms with E-state index in [4.69, 9.17) is 14.2 Å². The third-order valence-corrected chi connectivity index (χ3v) is 6.49. The van der Waals surface area contributed by atoms with Crippen LogP contribution in [0.3, 0.4) is 0 Å². The maximum atomic E-state index is 12.7. The van der Waals surface area contributed by atoms with Crippen LogP contribution in [0.2, 0.25) is 0 Å². The van der Waals surface area contributed by atoms with Gasteiger partial charge in [0, 0.05) is 0 Å². The lowest BCUT2D eigenvalue weighted by atomic mass is 9.94. The second-order valence-electron chi connectivity index (χ2n) is 6.39. The molecular formula is C18H22N2O4S. The fourth-order valence-electron chi connectivity index (χ4n) is 3.92. The molecule has 0 aromatic heterocycles. The topological polar surface area (TPSA) is 68.8 Å². The summed E-state index contributed by atoms with van der Waals surface area (Å²) in [4.78, 5) is 14.2. The molecule has 3 aliphatic rings. The van der Waals surface area contributed by atoms with Gasteiger partial charge in [0.05, 0.1) is 32.6 Å². The van der Waals surface area contributed by atoms with Gasteiger partial charge in [0.2, 0.25) is 11.7 Å². The summed E-state index contributed by atoms with van der Waals surface area (Å²) in [5.74, 6) is 1.76. The second-order valence-corrected chi connectivity index (χ2v) is 7.62. The molecule has 3 atom stereocenters. The molecule has 2 heterocycles. The van der Waals surface area contributed by atoms with E-state index < -0.39 is 0 Å². The number of ether oxygens (including phenoxy) is 3. The number of thioether (sulfide) groups is 1. The SMILES string of the molecule is COc1cc(C2NC(=O)C3C4=C(CCC4)SC3N2)cc(OC)c1OC. The Morgan fingerprint density at radius 2 is 1.80 bits per heavy atom. The molecule has 4 rings (SSSR count). The predicted octanol–water partition coefficient (Wildman–Crippen LogP) is 2.56. The lowest BCUT2D eigenvalue weighted by molar-refractivity contribution is -0.127. The first-order chi connectivity index (χ1) is 12.2. The Morgan fingerprint density at radius 1 is 1.08 bits per heavy atom. The Kier molecular flexibility index (Phi) is 4.29. The van der Waals surface area contributed by atoms with Crippen LogP contribution >= 0.6 is 11.8 Å². The number of nitrogens with one attached hydrogen (secondary N) is 2. The Morgan fingerprint density at radius 3 is 2.44 bits per heavy atom. The second kappa shape index (κ2) is 6.46. The normalized spacial score (nSPS) is 27.6. The summed E-state index contributed by atoms with van der Waals surface area (Å²) in [7, 11) is 4.75. The van der Waals surface area contributed by atoms with Crippen LogP contribution in [0.25, 0.3) is 0 Å². The molecule has 7 heteroatoms. The lowest BCUT2D eigenvalue weighted by Gasteiger charge is -2.35. The van der Waals surface area contributed by atoms with Crippen LogP contribution in [0.5, 0.6) is 17.2 Å². The molecule has 1 fully saturated rings. The Bertz CT molecular complexity index is 724. The van der Waals surface area contributed by atoms with Crippen molar-refractivity contribution in [1.29, 1.82) is 0 Å². The summed E-state index contributed by atoms with van der Waals surface area (Å²) in [6.07, 6.45) is 3.05. The van der Waals surface area contributed by atoms with Gasteiger partial charge < -0.3 is 19.5 Å². The third kappa shape index (κ3) is 2.66. The maximum Gasteiger partial charge on any atom is 0.231 e. The fraction of sp³-hybridized carbons (Fsp3) is 0.500. The molecule has 0 bridgehead atoms. The van der Waals surface area contributed by atoms with Gasteiger partial charge in [-0.2, -0.15) is 0 Å². The Balaban J connectivity index is 1.63. The van der Waals surface area contributed by atoms with E-state index in [1.165, 1.54) is 16.9 Å². The first kappa shape index (κ1) is 16.6. The van der Waals surface area contributed by atoms with Crippen molar-refractivity contribution >= 4 is 17.7 Å². The number of benzene rings is 1. The molecule has 1 aromatic rings. The molecule has 134 valence electrons. The van der Waals surface area contributed by atoms with E-state index in [0.29, 0.717) is 17.2 Å². The van der Waals surface area contributed by atoms with Crippen LogP contribution in [0.1, 0.15) is 31.0 Å². The van der Waals surface area contributed by atoms with E-state index in [-0.39, 0.29) is 23.4 Å². The zero-order valence-corrected chi connectivity index (χ0v) is 15.4. The van der Waals surface area contributed by atoms with Gasteiger partial charge in [0.15, 0.2) is 11.5 Å². The van der Waals surface area contributed by atoms with Crippen LogP contribution in [-0.2, 0) is 4.79 Å². The number of carbonyl (C=O) groups is 1. The number of carbonyl (C=O) groups excluding carboxylic acids is 1. The molecule has 1 amide bonds. The number of amides is 1. The van der Waals surface area contributed by atoms with Crippen LogP contribution in [0, 0.1) is 5.92 Å². The van der Waals surface area contributed by atoms with Gasteiger partial charge in [-0.15, -0.1) is 11.8 Å². The summed E-state index contributed by atoms with van der Waals surface area (Å²) in [5.41, 5.74) is 2.22. The number of allylic oxidation sites excluding steroid dienone is 1. The largest absolute Gasteiger partial charge is 0.493 e. The average Bonchev–Trinajstić information content (AvgIpc) is 3.20. The minimum absolute atomic E-state index is 0.0409. The third-order valence-electron chi connectivity index (χ3n) is 5.08. The van der Waals surface area contributed by atoms with E-state index in [0.717, 1.165) is 18.4 Å². The van der Waals surface area contributed by atoms with Gasteiger partial charge in [-0.25, -0.2) is 0 Å². The molecule has 0 radical (unpaired) electrons. The smallest absolute Gasteiger partial charge is 0.231 e. The highest BCUT2D eigenvalue weighted by molar-refractivity contribution is 8.04. The molecule has 2 N–H and O–H groups in total. The molecule has 2 aliphatic heterocycles. The fourth-order valence-corrected chi connectivity index (χ4v) is 5.50. The summed E-state index contributed by atoms with van der Waals surface area (Å²) in [5, 5.41) is 6.78. The maximum absolute atomic E-state index is 12.7. The Labute approximate surface area is 151 Å². The number of methoxy groups -OCH3 is 3. The molecule has 3 unspecified atom stereocenters. The van der Waals surface area contributed by atoms with Crippen molar-refractivity contribution in [2.45, 2.75) is 30.8 Å². The monoisotopic (exact) mass is 362 g/mol. The van der Waals surface area contributed by atoms with Gasteiger partial charge in [-0.05, 0) is 47.4 Å². The summed E-state index contributed by atoms with van der Waals surface area (Å²) < 4.78 is 16.2. The molecule has 6 nitrogen and oxygen atoms in total. The summed E-state index contributed by atoms with van der Waals surface area (Å²) >= 11 is 1.82. The molecule has 1 saturated heterocycles. The number of fused-ring (bicyclic) bond motifs is 2. The molecule has 1 aliphatic carbocycles. The van der Waals surface area contributed by atoms with Crippen molar-refractivity contribution < 1.29 is 19.0 Å². The average molecular weight is 362 g/mol. The molecular weight excluding hydrogens is 340 g/mol.